The second-order valence-electron chi connectivity index (χ2n) is 6.28. The number of hydrogen-bond donors (Lipinski definition) is 1. The fourth-order valence-electron chi connectivity index (χ4n) is 2.82. The van der Waals surface area contributed by atoms with E-state index in [0.717, 1.165) is 23.7 Å². The Labute approximate surface area is 154 Å². The number of aryl methyl sites for hydroxylation is 2. The number of anilines is 1. The summed E-state index contributed by atoms with van der Waals surface area (Å²) in [5.74, 6) is 1.60. The number of nitrogens with one attached hydrogen (secondary N) is 1. The number of thiocarbonyl (C=S) groups is 1. The van der Waals surface area contributed by atoms with Gasteiger partial charge in [-0.15, -0.1) is 0 Å². The van der Waals surface area contributed by atoms with Crippen molar-refractivity contribution >= 4 is 23.0 Å². The van der Waals surface area contributed by atoms with Crippen LogP contribution in [0.15, 0.2) is 42.5 Å². The first kappa shape index (κ1) is 17.5. The maximum atomic E-state index is 6.05. The average Bonchev–Trinajstić information content (AvgIpc) is 2.62. The van der Waals surface area contributed by atoms with Crippen molar-refractivity contribution in [3.63, 3.8) is 0 Å². The predicted octanol–water partition coefficient (Wildman–Crippen LogP) is 4.16. The topological polar surface area (TPSA) is 33.7 Å². The summed E-state index contributed by atoms with van der Waals surface area (Å²) in [5.41, 5.74) is 3.43. The average molecular weight is 356 g/mol. The Morgan fingerprint density at radius 3 is 2.72 bits per heavy atom. The van der Waals surface area contributed by atoms with E-state index >= 15 is 0 Å². The van der Waals surface area contributed by atoms with E-state index in [1.54, 1.807) is 0 Å². The lowest BCUT2D eigenvalue weighted by atomic mass is 10.1. The zero-order valence-corrected chi connectivity index (χ0v) is 15.7. The number of benzene rings is 2. The first-order valence-electron chi connectivity index (χ1n) is 8.58. The highest BCUT2D eigenvalue weighted by Gasteiger charge is 2.23. The van der Waals surface area contributed by atoms with Crippen molar-refractivity contribution in [3.8, 4) is 11.5 Å². The number of para-hydroxylation sites is 2. The van der Waals surface area contributed by atoms with Crippen LogP contribution in [0.1, 0.15) is 18.1 Å². The van der Waals surface area contributed by atoms with Crippen molar-refractivity contribution < 1.29 is 9.47 Å². The van der Waals surface area contributed by atoms with Crippen molar-refractivity contribution in [1.82, 2.24) is 4.90 Å². The summed E-state index contributed by atoms with van der Waals surface area (Å²) in [4.78, 5) is 2.11. The molecule has 0 aliphatic carbocycles. The van der Waals surface area contributed by atoms with Crippen LogP contribution in [-0.2, 0) is 0 Å². The van der Waals surface area contributed by atoms with Gasteiger partial charge < -0.3 is 19.7 Å². The Bertz CT molecular complexity index is 763. The lowest BCUT2D eigenvalue weighted by molar-refractivity contribution is 0.0754. The van der Waals surface area contributed by atoms with Crippen molar-refractivity contribution in [1.29, 1.82) is 0 Å². The van der Waals surface area contributed by atoms with E-state index in [-0.39, 0.29) is 6.10 Å². The molecule has 3 rings (SSSR count). The molecule has 0 bridgehead atoms. The Morgan fingerprint density at radius 2 is 1.96 bits per heavy atom. The van der Waals surface area contributed by atoms with Crippen molar-refractivity contribution in [3.05, 3.63) is 53.6 Å². The van der Waals surface area contributed by atoms with Gasteiger partial charge in [0, 0.05) is 12.2 Å². The Kier molecular flexibility index (Phi) is 5.43. The number of nitrogens with zero attached hydrogens (tertiary/aromatic N) is 1. The summed E-state index contributed by atoms with van der Waals surface area (Å²) in [6, 6.07) is 14.1. The second-order valence-corrected chi connectivity index (χ2v) is 6.67. The van der Waals surface area contributed by atoms with Gasteiger partial charge in [-0.3, -0.25) is 0 Å². The molecule has 1 heterocycles. The molecular weight excluding hydrogens is 332 g/mol. The van der Waals surface area contributed by atoms with Gasteiger partial charge in [-0.2, -0.15) is 0 Å². The van der Waals surface area contributed by atoms with E-state index in [0.29, 0.717) is 18.3 Å². The molecule has 4 nitrogen and oxygen atoms in total. The molecule has 132 valence electrons. The van der Waals surface area contributed by atoms with E-state index < -0.39 is 0 Å². The van der Waals surface area contributed by atoms with Crippen LogP contribution in [0, 0.1) is 13.8 Å². The molecule has 1 atom stereocenters. The molecule has 25 heavy (non-hydrogen) atoms. The van der Waals surface area contributed by atoms with Gasteiger partial charge in [0.05, 0.1) is 6.54 Å². The summed E-state index contributed by atoms with van der Waals surface area (Å²) in [5, 5.41) is 4.08. The maximum absolute atomic E-state index is 6.05. The zero-order chi connectivity index (χ0) is 17.8. The van der Waals surface area contributed by atoms with Crippen LogP contribution in [0.2, 0.25) is 0 Å². The monoisotopic (exact) mass is 356 g/mol. The molecule has 0 fully saturated rings. The zero-order valence-electron chi connectivity index (χ0n) is 14.9. The quantitative estimate of drug-likeness (QED) is 0.832. The van der Waals surface area contributed by atoms with E-state index in [1.165, 1.54) is 11.1 Å². The third-order valence-electron chi connectivity index (χ3n) is 4.30. The summed E-state index contributed by atoms with van der Waals surface area (Å²) >= 11 is 5.62. The number of ether oxygens (including phenoxy) is 2. The van der Waals surface area contributed by atoms with Gasteiger partial charge in [0.15, 0.2) is 22.7 Å². The molecule has 0 unspecified atom stereocenters. The highest BCUT2D eigenvalue weighted by Crippen LogP contribution is 2.31. The molecule has 0 spiro atoms. The second kappa shape index (κ2) is 7.74. The molecule has 0 aromatic heterocycles. The summed E-state index contributed by atoms with van der Waals surface area (Å²) in [6.07, 6.45) is -0.0480. The standard InChI is InChI=1S/C20H24N2O2S/c1-4-22(20(25)21-17-11-14(2)9-10-15(17)3)12-16-13-23-18-7-5-6-8-19(18)24-16/h5-11,16H,4,12-13H2,1-3H3,(H,21,25)/t16-/m1/s1. The van der Waals surface area contributed by atoms with Crippen LogP contribution in [-0.4, -0.2) is 35.8 Å². The predicted molar refractivity (Wildman–Crippen MR) is 106 cm³/mol. The lowest BCUT2D eigenvalue weighted by Crippen LogP contribution is -2.45. The van der Waals surface area contributed by atoms with E-state index in [9.17, 15) is 0 Å². The van der Waals surface area contributed by atoms with Crippen molar-refractivity contribution in [2.24, 2.45) is 0 Å². The molecule has 2 aromatic carbocycles. The largest absolute Gasteiger partial charge is 0.486 e. The number of fused-ring (bicyclic) bond motifs is 1. The third kappa shape index (κ3) is 4.23. The van der Waals surface area contributed by atoms with Crippen LogP contribution >= 0.6 is 12.2 Å². The molecule has 0 amide bonds. The van der Waals surface area contributed by atoms with Crippen LogP contribution in [0.4, 0.5) is 5.69 Å². The number of rotatable bonds is 4. The SMILES string of the molecule is CCN(C[C@@H]1COc2ccccc2O1)C(=S)Nc1cc(C)ccc1C. The molecular formula is C20H24N2O2S. The van der Waals surface area contributed by atoms with Gasteiger partial charge in [-0.25, -0.2) is 0 Å². The maximum Gasteiger partial charge on any atom is 0.173 e. The van der Waals surface area contributed by atoms with E-state index in [1.807, 2.05) is 24.3 Å². The summed E-state index contributed by atoms with van der Waals surface area (Å²) < 4.78 is 11.9. The van der Waals surface area contributed by atoms with E-state index in [2.05, 4.69) is 49.2 Å². The highest BCUT2D eigenvalue weighted by molar-refractivity contribution is 7.80. The minimum atomic E-state index is -0.0480. The van der Waals surface area contributed by atoms with Crippen molar-refractivity contribution in [2.75, 3.05) is 25.0 Å². The first-order valence-corrected chi connectivity index (χ1v) is 8.99. The van der Waals surface area contributed by atoms with Crippen LogP contribution in [0.3, 0.4) is 0 Å². The number of likely N-dealkylation sites (N-methyl/N-ethyl adjacent to an activating group) is 1. The van der Waals surface area contributed by atoms with Crippen molar-refractivity contribution in [2.45, 2.75) is 26.9 Å². The molecule has 1 N–H and O–H groups in total. The van der Waals surface area contributed by atoms with Gasteiger partial charge in [-0.05, 0) is 62.3 Å². The minimum Gasteiger partial charge on any atom is -0.486 e. The fourth-order valence-corrected chi connectivity index (χ4v) is 3.13. The molecule has 0 radical (unpaired) electrons. The van der Waals surface area contributed by atoms with Crippen LogP contribution in [0.25, 0.3) is 0 Å². The summed E-state index contributed by atoms with van der Waals surface area (Å²) in [7, 11) is 0. The Hall–Kier alpha value is -2.27. The lowest BCUT2D eigenvalue weighted by Gasteiger charge is -2.32. The summed E-state index contributed by atoms with van der Waals surface area (Å²) in [6.45, 7) is 8.26. The molecule has 1 aliphatic heterocycles. The third-order valence-corrected chi connectivity index (χ3v) is 4.66. The van der Waals surface area contributed by atoms with Crippen LogP contribution in [0.5, 0.6) is 11.5 Å². The molecule has 2 aromatic rings. The van der Waals surface area contributed by atoms with E-state index in [4.69, 9.17) is 21.7 Å². The highest BCUT2D eigenvalue weighted by atomic mass is 32.1. The molecule has 0 saturated heterocycles. The molecule has 1 aliphatic rings. The smallest absolute Gasteiger partial charge is 0.173 e. The first-order chi connectivity index (χ1) is 12.1. The van der Waals surface area contributed by atoms with Gasteiger partial charge in [0.25, 0.3) is 0 Å². The molecule has 5 heteroatoms. The van der Waals surface area contributed by atoms with Crippen LogP contribution < -0.4 is 14.8 Å². The Balaban J connectivity index is 1.64. The van der Waals surface area contributed by atoms with Gasteiger partial charge in [-0.1, -0.05) is 24.3 Å². The molecule has 0 saturated carbocycles. The Morgan fingerprint density at radius 1 is 1.20 bits per heavy atom. The fraction of sp³-hybridized carbons (Fsp3) is 0.350. The number of hydrogen-bond acceptors (Lipinski definition) is 3. The van der Waals surface area contributed by atoms with Gasteiger partial charge in [0.1, 0.15) is 6.61 Å². The minimum absolute atomic E-state index is 0.0480. The van der Waals surface area contributed by atoms with Gasteiger partial charge in [0.2, 0.25) is 0 Å². The van der Waals surface area contributed by atoms with Gasteiger partial charge >= 0.3 is 0 Å². The normalized spacial score (nSPS) is 15.6.